The van der Waals surface area contributed by atoms with Gasteiger partial charge in [0.2, 0.25) is 0 Å². The van der Waals surface area contributed by atoms with Gasteiger partial charge in [0.25, 0.3) is 5.91 Å². The number of hydrogen-bond donors (Lipinski definition) is 1. The van der Waals surface area contributed by atoms with E-state index in [1.807, 2.05) is 41.8 Å². The molecule has 2 rings (SSSR count). The lowest BCUT2D eigenvalue weighted by Gasteiger charge is -2.21. The smallest absolute Gasteiger partial charge is 0.258 e. The Morgan fingerprint density at radius 2 is 2.00 bits per heavy atom. The molecule has 1 atom stereocenters. The molecule has 1 N–H and O–H groups in total. The maximum absolute atomic E-state index is 12.1. The summed E-state index contributed by atoms with van der Waals surface area (Å²) in [4.78, 5) is 13.2. The van der Waals surface area contributed by atoms with Crippen molar-refractivity contribution in [1.29, 1.82) is 0 Å². The molecule has 21 heavy (non-hydrogen) atoms. The van der Waals surface area contributed by atoms with E-state index in [-0.39, 0.29) is 18.6 Å². The fourth-order valence-corrected chi connectivity index (χ4v) is 3.14. The second-order valence-electron chi connectivity index (χ2n) is 5.05. The molecule has 3 nitrogen and oxygen atoms in total. The zero-order valence-electron chi connectivity index (χ0n) is 12.0. The number of benzene rings is 1. The van der Waals surface area contributed by atoms with Crippen LogP contribution in [0.1, 0.15) is 24.8 Å². The number of rotatable bonds is 6. The molecule has 0 saturated heterocycles. The second-order valence-corrected chi connectivity index (χ2v) is 6.94. The van der Waals surface area contributed by atoms with Crippen LogP contribution in [0, 0.1) is 5.92 Å². The monoisotopic (exact) mass is 367 g/mol. The van der Waals surface area contributed by atoms with E-state index < -0.39 is 0 Å². The van der Waals surface area contributed by atoms with Gasteiger partial charge in [0.15, 0.2) is 6.61 Å². The van der Waals surface area contributed by atoms with Gasteiger partial charge in [-0.2, -0.15) is 0 Å². The van der Waals surface area contributed by atoms with Gasteiger partial charge in [-0.1, -0.05) is 35.8 Å². The van der Waals surface area contributed by atoms with E-state index in [9.17, 15) is 4.79 Å². The van der Waals surface area contributed by atoms with Crippen molar-refractivity contribution >= 4 is 33.2 Å². The van der Waals surface area contributed by atoms with Gasteiger partial charge in [-0.25, -0.2) is 0 Å². The van der Waals surface area contributed by atoms with Crippen LogP contribution in [-0.4, -0.2) is 12.5 Å². The molecule has 0 bridgehead atoms. The Morgan fingerprint density at radius 1 is 1.29 bits per heavy atom. The molecule has 0 fully saturated rings. The van der Waals surface area contributed by atoms with Crippen LogP contribution in [0.25, 0.3) is 0 Å². The molecule has 1 aromatic heterocycles. The van der Waals surface area contributed by atoms with E-state index in [0.29, 0.717) is 11.7 Å². The van der Waals surface area contributed by atoms with Crippen LogP contribution in [0.15, 0.2) is 46.3 Å². The Kier molecular flexibility index (Phi) is 5.82. The van der Waals surface area contributed by atoms with Gasteiger partial charge in [0, 0.05) is 9.35 Å². The summed E-state index contributed by atoms with van der Waals surface area (Å²) in [6.07, 6.45) is 0. The number of amides is 1. The average molecular weight is 368 g/mol. The number of nitrogens with one attached hydrogen (secondary N) is 1. The molecule has 112 valence electrons. The minimum atomic E-state index is -0.106. The Bertz CT molecular complexity index is 566. The van der Waals surface area contributed by atoms with Crippen molar-refractivity contribution in [2.24, 2.45) is 5.92 Å². The van der Waals surface area contributed by atoms with Crippen molar-refractivity contribution in [3.05, 3.63) is 51.1 Å². The van der Waals surface area contributed by atoms with Crippen molar-refractivity contribution in [2.45, 2.75) is 19.9 Å². The van der Waals surface area contributed by atoms with Gasteiger partial charge in [-0.05, 0) is 41.6 Å². The zero-order valence-corrected chi connectivity index (χ0v) is 14.4. The fourth-order valence-electron chi connectivity index (χ4n) is 1.93. The summed E-state index contributed by atoms with van der Waals surface area (Å²) in [6, 6.07) is 11.5. The third kappa shape index (κ3) is 4.86. The first kappa shape index (κ1) is 16.0. The Morgan fingerprint density at radius 3 is 2.57 bits per heavy atom. The maximum Gasteiger partial charge on any atom is 0.258 e. The second kappa shape index (κ2) is 7.61. The standard InChI is InChI=1S/C16H18BrNO2S/c1-11(2)16(14-4-3-9-21-14)18-15(19)10-20-13-7-5-12(17)6-8-13/h3-9,11,16H,10H2,1-2H3,(H,18,19). The van der Waals surface area contributed by atoms with Gasteiger partial charge in [-0.15, -0.1) is 11.3 Å². The third-order valence-corrected chi connectivity index (χ3v) is 4.50. The number of hydrogen-bond acceptors (Lipinski definition) is 3. The number of carbonyl (C=O) groups is 1. The summed E-state index contributed by atoms with van der Waals surface area (Å²) < 4.78 is 6.47. The van der Waals surface area contributed by atoms with Gasteiger partial charge < -0.3 is 10.1 Å². The lowest BCUT2D eigenvalue weighted by atomic mass is 10.0. The Balaban J connectivity index is 1.89. The van der Waals surface area contributed by atoms with Crippen molar-refractivity contribution in [3.63, 3.8) is 0 Å². The van der Waals surface area contributed by atoms with E-state index in [2.05, 4.69) is 35.1 Å². The van der Waals surface area contributed by atoms with Gasteiger partial charge in [0.1, 0.15) is 5.75 Å². The maximum atomic E-state index is 12.1. The predicted molar refractivity (Wildman–Crippen MR) is 89.7 cm³/mol. The highest BCUT2D eigenvalue weighted by molar-refractivity contribution is 9.10. The minimum Gasteiger partial charge on any atom is -0.484 e. The zero-order chi connectivity index (χ0) is 15.2. The van der Waals surface area contributed by atoms with Crippen LogP contribution in [0.4, 0.5) is 0 Å². The molecule has 0 spiro atoms. The number of halogens is 1. The normalized spacial score (nSPS) is 12.2. The first-order valence-electron chi connectivity index (χ1n) is 6.77. The van der Waals surface area contributed by atoms with Crippen molar-refractivity contribution in [2.75, 3.05) is 6.61 Å². The first-order chi connectivity index (χ1) is 10.1. The summed E-state index contributed by atoms with van der Waals surface area (Å²) in [5, 5.41) is 5.06. The Labute approximate surface area is 137 Å². The lowest BCUT2D eigenvalue weighted by molar-refractivity contribution is -0.124. The highest BCUT2D eigenvalue weighted by Crippen LogP contribution is 2.25. The van der Waals surface area contributed by atoms with Gasteiger partial charge >= 0.3 is 0 Å². The van der Waals surface area contributed by atoms with Crippen LogP contribution < -0.4 is 10.1 Å². The van der Waals surface area contributed by atoms with Crippen molar-refractivity contribution in [1.82, 2.24) is 5.32 Å². The van der Waals surface area contributed by atoms with E-state index >= 15 is 0 Å². The molecule has 5 heteroatoms. The molecule has 0 radical (unpaired) electrons. The molecule has 1 amide bonds. The van der Waals surface area contributed by atoms with Crippen LogP contribution in [0.2, 0.25) is 0 Å². The molecular weight excluding hydrogens is 350 g/mol. The van der Waals surface area contributed by atoms with E-state index in [1.54, 1.807) is 11.3 Å². The topological polar surface area (TPSA) is 38.3 Å². The van der Waals surface area contributed by atoms with E-state index in [4.69, 9.17) is 4.74 Å². The van der Waals surface area contributed by atoms with Crippen LogP contribution in [-0.2, 0) is 4.79 Å². The van der Waals surface area contributed by atoms with Crippen molar-refractivity contribution in [3.8, 4) is 5.75 Å². The van der Waals surface area contributed by atoms with Crippen molar-refractivity contribution < 1.29 is 9.53 Å². The Hall–Kier alpha value is -1.33. The highest BCUT2D eigenvalue weighted by atomic mass is 79.9. The van der Waals surface area contributed by atoms with Crippen LogP contribution >= 0.6 is 27.3 Å². The molecule has 0 aliphatic rings. The highest BCUT2D eigenvalue weighted by Gasteiger charge is 2.19. The molecule has 1 heterocycles. The largest absolute Gasteiger partial charge is 0.484 e. The fraction of sp³-hybridized carbons (Fsp3) is 0.312. The summed E-state index contributed by atoms with van der Waals surface area (Å²) in [5.41, 5.74) is 0. The molecule has 1 unspecified atom stereocenters. The molecule has 2 aromatic rings. The van der Waals surface area contributed by atoms with Crippen LogP contribution in [0.3, 0.4) is 0 Å². The summed E-state index contributed by atoms with van der Waals surface area (Å²) in [6.45, 7) is 4.22. The molecule has 0 aliphatic heterocycles. The predicted octanol–water partition coefficient (Wildman–Crippen LogP) is 4.40. The number of ether oxygens (including phenoxy) is 1. The summed E-state index contributed by atoms with van der Waals surface area (Å²) in [7, 11) is 0. The lowest BCUT2D eigenvalue weighted by Crippen LogP contribution is -2.34. The van der Waals surface area contributed by atoms with Crippen LogP contribution in [0.5, 0.6) is 5.75 Å². The molecular formula is C16H18BrNO2S. The van der Waals surface area contributed by atoms with Gasteiger partial charge in [0.05, 0.1) is 6.04 Å². The average Bonchev–Trinajstić information content (AvgIpc) is 2.97. The first-order valence-corrected chi connectivity index (χ1v) is 8.44. The number of carbonyl (C=O) groups excluding carboxylic acids is 1. The number of thiophene rings is 1. The SMILES string of the molecule is CC(C)C(NC(=O)COc1ccc(Br)cc1)c1cccs1. The summed E-state index contributed by atoms with van der Waals surface area (Å²) >= 11 is 5.02. The minimum absolute atomic E-state index is 0.0240. The molecule has 1 aromatic carbocycles. The van der Waals surface area contributed by atoms with E-state index in [0.717, 1.165) is 4.47 Å². The molecule has 0 saturated carbocycles. The summed E-state index contributed by atoms with van der Waals surface area (Å²) in [5.74, 6) is 0.913. The quantitative estimate of drug-likeness (QED) is 0.821. The third-order valence-electron chi connectivity index (χ3n) is 3.02. The van der Waals surface area contributed by atoms with Gasteiger partial charge in [-0.3, -0.25) is 4.79 Å². The molecule has 0 aliphatic carbocycles. The van der Waals surface area contributed by atoms with E-state index in [1.165, 1.54) is 4.88 Å².